The van der Waals surface area contributed by atoms with Gasteiger partial charge in [-0.15, -0.1) is 0 Å². The van der Waals surface area contributed by atoms with Crippen molar-refractivity contribution in [2.75, 3.05) is 11.1 Å². The maximum atomic E-state index is 5.31. The second-order valence-corrected chi connectivity index (χ2v) is 2.53. The molecule has 1 heterocycles. The minimum atomic E-state index is 0.364. The largest absolute Gasteiger partial charge is 0.368 e. The molecule has 3 N–H and O–H groups in total. The Hall–Kier alpha value is -1.19. The Bertz CT molecular complexity index is 229. The third-order valence-corrected chi connectivity index (χ3v) is 1.46. The third-order valence-electron chi connectivity index (χ3n) is 1.46. The summed E-state index contributed by atoms with van der Waals surface area (Å²) in [4.78, 5) is 0. The van der Waals surface area contributed by atoms with Crippen molar-refractivity contribution in [3.63, 3.8) is 0 Å². The zero-order valence-corrected chi connectivity index (χ0v) is 5.50. The predicted molar refractivity (Wildman–Crippen MR) is 37.6 cm³/mol. The summed E-state index contributed by atoms with van der Waals surface area (Å²) in [5.41, 5.74) is 5.31. The second-order valence-electron chi connectivity index (χ2n) is 2.53. The van der Waals surface area contributed by atoms with Crippen molar-refractivity contribution in [1.29, 1.82) is 0 Å². The van der Waals surface area contributed by atoms with E-state index in [-0.39, 0.29) is 0 Å². The fourth-order valence-corrected chi connectivity index (χ4v) is 0.794. The van der Waals surface area contributed by atoms with Crippen LogP contribution in [0.15, 0.2) is 10.6 Å². The number of nitrogens with two attached hydrogens (primary N) is 1. The van der Waals surface area contributed by atoms with Crippen molar-refractivity contribution in [2.24, 2.45) is 0 Å². The monoisotopic (exact) mass is 139 g/mol. The van der Waals surface area contributed by atoms with Crippen LogP contribution in [0.2, 0.25) is 0 Å². The molecule has 1 saturated carbocycles. The Morgan fingerprint density at radius 1 is 1.70 bits per heavy atom. The van der Waals surface area contributed by atoms with Crippen LogP contribution in [0.4, 0.5) is 11.7 Å². The summed E-state index contributed by atoms with van der Waals surface area (Å²) in [5, 5.41) is 6.84. The number of hydrogen-bond donors (Lipinski definition) is 2. The minimum Gasteiger partial charge on any atom is -0.368 e. The molecule has 4 nitrogen and oxygen atoms in total. The fourth-order valence-electron chi connectivity index (χ4n) is 0.794. The van der Waals surface area contributed by atoms with Crippen LogP contribution in [-0.2, 0) is 0 Å². The Kier molecular flexibility index (Phi) is 1.06. The van der Waals surface area contributed by atoms with Gasteiger partial charge in [-0.2, -0.15) is 0 Å². The summed E-state index contributed by atoms with van der Waals surface area (Å²) in [5.74, 6) is 1.11. The zero-order chi connectivity index (χ0) is 6.97. The Morgan fingerprint density at radius 3 is 3.00 bits per heavy atom. The zero-order valence-electron chi connectivity index (χ0n) is 5.50. The van der Waals surface area contributed by atoms with Gasteiger partial charge in [0.2, 0.25) is 5.88 Å². The summed E-state index contributed by atoms with van der Waals surface area (Å²) in [6, 6.07) is 2.29. The highest BCUT2D eigenvalue weighted by Gasteiger charge is 2.21. The van der Waals surface area contributed by atoms with Crippen LogP contribution in [0, 0.1) is 0 Å². The van der Waals surface area contributed by atoms with Gasteiger partial charge < -0.3 is 15.6 Å². The van der Waals surface area contributed by atoms with Crippen molar-refractivity contribution in [2.45, 2.75) is 18.9 Å². The van der Waals surface area contributed by atoms with E-state index in [1.165, 1.54) is 12.8 Å². The molecule has 0 spiro atoms. The van der Waals surface area contributed by atoms with Crippen LogP contribution < -0.4 is 11.1 Å². The highest BCUT2D eigenvalue weighted by molar-refractivity contribution is 5.43. The SMILES string of the molecule is Nc1cc(NC2CC2)no1. The van der Waals surface area contributed by atoms with E-state index in [1.807, 2.05) is 0 Å². The fraction of sp³-hybridized carbons (Fsp3) is 0.500. The van der Waals surface area contributed by atoms with Gasteiger partial charge >= 0.3 is 0 Å². The van der Waals surface area contributed by atoms with E-state index in [0.717, 1.165) is 5.82 Å². The van der Waals surface area contributed by atoms with Gasteiger partial charge in [-0.1, -0.05) is 5.16 Å². The summed E-state index contributed by atoms with van der Waals surface area (Å²) in [7, 11) is 0. The molecule has 4 heteroatoms. The van der Waals surface area contributed by atoms with E-state index in [2.05, 4.69) is 15.0 Å². The van der Waals surface area contributed by atoms with Gasteiger partial charge in [-0.3, -0.25) is 0 Å². The van der Waals surface area contributed by atoms with E-state index >= 15 is 0 Å². The quantitative estimate of drug-likeness (QED) is 0.637. The van der Waals surface area contributed by atoms with Crippen LogP contribution in [0.3, 0.4) is 0 Å². The molecule has 0 radical (unpaired) electrons. The first-order valence-electron chi connectivity index (χ1n) is 3.33. The molecule has 1 aromatic heterocycles. The number of anilines is 2. The number of nitrogen functional groups attached to an aromatic ring is 1. The Morgan fingerprint density at radius 2 is 2.50 bits per heavy atom. The maximum Gasteiger partial charge on any atom is 0.224 e. The average molecular weight is 139 g/mol. The lowest BCUT2D eigenvalue weighted by atomic mass is 10.5. The van der Waals surface area contributed by atoms with Crippen LogP contribution in [0.1, 0.15) is 12.8 Å². The lowest BCUT2D eigenvalue weighted by Crippen LogP contribution is -1.99. The molecule has 2 rings (SSSR count). The molecule has 0 unspecified atom stereocenters. The van der Waals surface area contributed by atoms with Crippen molar-refractivity contribution >= 4 is 11.7 Å². The van der Waals surface area contributed by atoms with Gasteiger partial charge in [-0.25, -0.2) is 0 Å². The standard InChI is InChI=1S/C6H9N3O/c7-5-3-6(9-10-5)8-4-1-2-4/h3-4H,1-2,7H2,(H,8,9). The Labute approximate surface area is 58.4 Å². The summed E-state index contributed by atoms with van der Waals surface area (Å²) < 4.78 is 4.66. The van der Waals surface area contributed by atoms with E-state index in [0.29, 0.717) is 11.9 Å². The average Bonchev–Trinajstić information content (AvgIpc) is 2.59. The lowest BCUT2D eigenvalue weighted by Gasteiger charge is -1.93. The smallest absolute Gasteiger partial charge is 0.224 e. The van der Waals surface area contributed by atoms with Crippen LogP contribution in [-0.4, -0.2) is 11.2 Å². The molecule has 1 aliphatic rings. The molecule has 1 aromatic rings. The van der Waals surface area contributed by atoms with Crippen molar-refractivity contribution < 1.29 is 4.52 Å². The second kappa shape index (κ2) is 1.90. The molecule has 1 aliphatic carbocycles. The molecule has 0 aromatic carbocycles. The molecule has 54 valence electrons. The number of hydrogen-bond acceptors (Lipinski definition) is 4. The number of nitrogens with one attached hydrogen (secondary N) is 1. The Balaban J connectivity index is 2.03. The van der Waals surface area contributed by atoms with Gasteiger partial charge in [0.05, 0.1) is 0 Å². The highest BCUT2D eigenvalue weighted by Crippen LogP contribution is 2.24. The normalized spacial score (nSPS) is 17.2. The van der Waals surface area contributed by atoms with Crippen LogP contribution in [0.5, 0.6) is 0 Å². The molecule has 0 saturated heterocycles. The summed E-state index contributed by atoms with van der Waals surface area (Å²) in [6.45, 7) is 0. The number of aromatic nitrogens is 1. The van der Waals surface area contributed by atoms with Gasteiger partial charge in [0, 0.05) is 12.1 Å². The van der Waals surface area contributed by atoms with Crippen molar-refractivity contribution in [3.05, 3.63) is 6.07 Å². The molecular weight excluding hydrogens is 130 g/mol. The lowest BCUT2D eigenvalue weighted by molar-refractivity contribution is 0.439. The van der Waals surface area contributed by atoms with Crippen molar-refractivity contribution in [1.82, 2.24) is 5.16 Å². The minimum absolute atomic E-state index is 0.364. The maximum absolute atomic E-state index is 5.31. The van der Waals surface area contributed by atoms with E-state index in [9.17, 15) is 0 Å². The molecule has 0 aliphatic heterocycles. The number of nitrogens with zero attached hydrogens (tertiary/aromatic N) is 1. The number of rotatable bonds is 2. The molecule has 0 bridgehead atoms. The first-order valence-corrected chi connectivity index (χ1v) is 3.33. The third kappa shape index (κ3) is 1.05. The predicted octanol–water partition coefficient (Wildman–Crippen LogP) is 0.831. The molecular formula is C6H9N3O. The topological polar surface area (TPSA) is 64.1 Å². The van der Waals surface area contributed by atoms with Crippen LogP contribution >= 0.6 is 0 Å². The molecule has 0 atom stereocenters. The van der Waals surface area contributed by atoms with Crippen molar-refractivity contribution in [3.8, 4) is 0 Å². The molecule has 1 fully saturated rings. The van der Waals surface area contributed by atoms with E-state index < -0.39 is 0 Å². The summed E-state index contributed by atoms with van der Waals surface area (Å²) in [6.07, 6.45) is 2.46. The molecule has 0 amide bonds. The van der Waals surface area contributed by atoms with E-state index in [4.69, 9.17) is 5.73 Å². The summed E-state index contributed by atoms with van der Waals surface area (Å²) >= 11 is 0. The van der Waals surface area contributed by atoms with Gasteiger partial charge in [0.15, 0.2) is 5.82 Å². The highest BCUT2D eigenvalue weighted by atomic mass is 16.5. The first-order chi connectivity index (χ1) is 4.84. The van der Waals surface area contributed by atoms with Gasteiger partial charge in [0.1, 0.15) is 0 Å². The van der Waals surface area contributed by atoms with E-state index in [1.54, 1.807) is 6.07 Å². The van der Waals surface area contributed by atoms with Gasteiger partial charge in [0.25, 0.3) is 0 Å². The van der Waals surface area contributed by atoms with Crippen LogP contribution in [0.25, 0.3) is 0 Å². The first kappa shape index (κ1) is 5.58. The molecule has 10 heavy (non-hydrogen) atoms. The van der Waals surface area contributed by atoms with Gasteiger partial charge in [-0.05, 0) is 12.8 Å².